The molecule has 25 heavy (non-hydrogen) atoms. The number of nitrogens with one attached hydrogen (secondary N) is 1. The maximum Gasteiger partial charge on any atom is 0.339 e. The number of carbonyl (C=O) groups excluding carboxylic acids is 2. The highest BCUT2D eigenvalue weighted by Crippen LogP contribution is 2.39. The third-order valence-corrected chi connectivity index (χ3v) is 4.15. The minimum Gasteiger partial charge on any atom is -0.507 e. The summed E-state index contributed by atoms with van der Waals surface area (Å²) in [6, 6.07) is 4.11. The van der Waals surface area contributed by atoms with Crippen molar-refractivity contribution in [1.29, 1.82) is 0 Å². The Morgan fingerprint density at radius 3 is 2.24 bits per heavy atom. The van der Waals surface area contributed by atoms with Gasteiger partial charge in [-0.3, -0.25) is 0 Å². The Balaban J connectivity index is 2.62. The van der Waals surface area contributed by atoms with Gasteiger partial charge in [0.05, 0.1) is 38.5 Å². The van der Waals surface area contributed by atoms with E-state index in [1.807, 2.05) is 0 Å². The van der Waals surface area contributed by atoms with Crippen molar-refractivity contribution in [3.8, 4) is 11.5 Å². The standard InChI is InChI=1S/C18H21NO6/c1-9-14(17(21)24-4)10(2)19-16(15(9)18(22)25-5)12-7-6-11(23-3)8-13(12)20/h6-8,16,19-20H,1-5H3. The number of carbonyl (C=O) groups is 2. The van der Waals surface area contributed by atoms with Gasteiger partial charge in [-0.1, -0.05) is 0 Å². The Morgan fingerprint density at radius 2 is 1.72 bits per heavy atom. The van der Waals surface area contributed by atoms with Crippen molar-refractivity contribution in [3.63, 3.8) is 0 Å². The molecule has 134 valence electrons. The number of aromatic hydroxyl groups is 1. The minimum absolute atomic E-state index is 0.0413. The second-order valence-corrected chi connectivity index (χ2v) is 5.52. The average molecular weight is 347 g/mol. The van der Waals surface area contributed by atoms with Crippen LogP contribution in [0.4, 0.5) is 0 Å². The van der Waals surface area contributed by atoms with Crippen LogP contribution in [0.5, 0.6) is 11.5 Å². The van der Waals surface area contributed by atoms with Gasteiger partial charge in [0.25, 0.3) is 0 Å². The molecule has 1 heterocycles. The van der Waals surface area contributed by atoms with Crippen LogP contribution in [0.15, 0.2) is 40.6 Å². The second kappa shape index (κ2) is 7.29. The molecule has 0 saturated heterocycles. The number of hydrogen-bond donors (Lipinski definition) is 2. The van der Waals surface area contributed by atoms with Crippen molar-refractivity contribution < 1.29 is 28.9 Å². The number of rotatable bonds is 4. The number of phenolic OH excluding ortho intramolecular Hbond substituents is 1. The van der Waals surface area contributed by atoms with Crippen molar-refractivity contribution in [3.05, 3.63) is 46.2 Å². The van der Waals surface area contributed by atoms with Gasteiger partial charge in [0.1, 0.15) is 11.5 Å². The van der Waals surface area contributed by atoms with Gasteiger partial charge in [-0.05, 0) is 31.6 Å². The van der Waals surface area contributed by atoms with E-state index in [2.05, 4.69) is 5.32 Å². The molecular formula is C18H21NO6. The van der Waals surface area contributed by atoms with Crippen LogP contribution in [0.25, 0.3) is 0 Å². The quantitative estimate of drug-likeness (QED) is 0.804. The molecule has 0 saturated carbocycles. The van der Waals surface area contributed by atoms with E-state index in [0.717, 1.165) is 0 Å². The molecule has 1 aliphatic heterocycles. The first-order valence-corrected chi connectivity index (χ1v) is 7.57. The Kier molecular flexibility index (Phi) is 5.36. The number of allylic oxidation sites excluding steroid dienone is 1. The van der Waals surface area contributed by atoms with Crippen molar-refractivity contribution in [2.75, 3.05) is 21.3 Å². The summed E-state index contributed by atoms with van der Waals surface area (Å²) in [5, 5.41) is 13.4. The lowest BCUT2D eigenvalue weighted by molar-refractivity contribution is -0.136. The van der Waals surface area contributed by atoms with Crippen LogP contribution in [0.3, 0.4) is 0 Å². The number of esters is 2. The highest BCUT2D eigenvalue weighted by molar-refractivity contribution is 6.00. The van der Waals surface area contributed by atoms with Gasteiger partial charge in [0.15, 0.2) is 0 Å². The number of benzene rings is 1. The first-order valence-electron chi connectivity index (χ1n) is 7.57. The van der Waals surface area contributed by atoms with E-state index in [-0.39, 0.29) is 16.9 Å². The topological polar surface area (TPSA) is 94.1 Å². The summed E-state index contributed by atoms with van der Waals surface area (Å²) in [5.41, 5.74) is 1.94. The van der Waals surface area contributed by atoms with Gasteiger partial charge in [-0.2, -0.15) is 0 Å². The third-order valence-electron chi connectivity index (χ3n) is 4.15. The van der Waals surface area contributed by atoms with Crippen LogP contribution in [-0.2, 0) is 19.1 Å². The summed E-state index contributed by atoms with van der Waals surface area (Å²) in [6.07, 6.45) is 0. The van der Waals surface area contributed by atoms with E-state index in [9.17, 15) is 14.7 Å². The molecule has 1 atom stereocenters. The molecule has 0 bridgehead atoms. The first-order chi connectivity index (χ1) is 11.8. The maximum absolute atomic E-state index is 12.4. The van der Waals surface area contributed by atoms with Gasteiger partial charge in [0, 0.05) is 17.3 Å². The third kappa shape index (κ3) is 3.31. The summed E-state index contributed by atoms with van der Waals surface area (Å²) in [7, 11) is 4.03. The highest BCUT2D eigenvalue weighted by Gasteiger charge is 2.35. The summed E-state index contributed by atoms with van der Waals surface area (Å²) in [6.45, 7) is 3.35. The van der Waals surface area contributed by atoms with Crippen LogP contribution in [0.2, 0.25) is 0 Å². The van der Waals surface area contributed by atoms with Crippen molar-refractivity contribution in [2.45, 2.75) is 19.9 Å². The lowest BCUT2D eigenvalue weighted by Gasteiger charge is -2.30. The lowest BCUT2D eigenvalue weighted by atomic mass is 9.86. The fourth-order valence-electron chi connectivity index (χ4n) is 2.91. The van der Waals surface area contributed by atoms with E-state index in [4.69, 9.17) is 14.2 Å². The fraction of sp³-hybridized carbons (Fsp3) is 0.333. The summed E-state index contributed by atoms with van der Waals surface area (Å²) >= 11 is 0. The van der Waals surface area contributed by atoms with Crippen LogP contribution in [0, 0.1) is 0 Å². The van der Waals surface area contributed by atoms with Crippen LogP contribution < -0.4 is 10.1 Å². The van der Waals surface area contributed by atoms with Crippen LogP contribution >= 0.6 is 0 Å². The molecule has 7 heteroatoms. The zero-order valence-electron chi connectivity index (χ0n) is 14.8. The second-order valence-electron chi connectivity index (χ2n) is 5.52. The fourth-order valence-corrected chi connectivity index (χ4v) is 2.91. The molecular weight excluding hydrogens is 326 g/mol. The number of ether oxygens (including phenoxy) is 3. The first kappa shape index (κ1) is 18.4. The van der Waals surface area contributed by atoms with Crippen LogP contribution in [0.1, 0.15) is 25.5 Å². The van der Waals surface area contributed by atoms with Crippen LogP contribution in [-0.4, -0.2) is 38.4 Å². The molecule has 0 spiro atoms. The molecule has 1 aliphatic rings. The summed E-state index contributed by atoms with van der Waals surface area (Å²) in [5.74, 6) is -0.708. The average Bonchev–Trinajstić information content (AvgIpc) is 2.60. The van der Waals surface area contributed by atoms with Gasteiger partial charge >= 0.3 is 11.9 Å². The lowest BCUT2D eigenvalue weighted by Crippen LogP contribution is -2.33. The normalized spacial score (nSPS) is 17.1. The number of methoxy groups -OCH3 is 3. The molecule has 0 fully saturated rings. The predicted molar refractivity (Wildman–Crippen MR) is 90.0 cm³/mol. The minimum atomic E-state index is -0.674. The van der Waals surface area contributed by atoms with Gasteiger partial charge in [-0.25, -0.2) is 9.59 Å². The number of dihydropyridines is 1. The largest absolute Gasteiger partial charge is 0.507 e. The number of phenols is 1. The predicted octanol–water partition coefficient (Wildman–Crippen LogP) is 1.98. The monoisotopic (exact) mass is 347 g/mol. The van der Waals surface area contributed by atoms with E-state index >= 15 is 0 Å². The van der Waals surface area contributed by atoms with Gasteiger partial charge < -0.3 is 24.6 Å². The molecule has 7 nitrogen and oxygen atoms in total. The van der Waals surface area contributed by atoms with Crippen molar-refractivity contribution in [1.82, 2.24) is 5.32 Å². The maximum atomic E-state index is 12.4. The zero-order chi connectivity index (χ0) is 18.7. The summed E-state index contributed by atoms with van der Waals surface area (Å²) < 4.78 is 14.8. The van der Waals surface area contributed by atoms with E-state index in [0.29, 0.717) is 22.6 Å². The smallest absolute Gasteiger partial charge is 0.339 e. The Labute approximate surface area is 145 Å². The Morgan fingerprint density at radius 1 is 1.08 bits per heavy atom. The number of hydrogen-bond acceptors (Lipinski definition) is 7. The molecule has 0 radical (unpaired) electrons. The molecule has 2 N–H and O–H groups in total. The molecule has 2 rings (SSSR count). The van der Waals surface area contributed by atoms with E-state index in [1.165, 1.54) is 27.4 Å². The molecule has 1 aromatic carbocycles. The van der Waals surface area contributed by atoms with Crippen molar-refractivity contribution >= 4 is 11.9 Å². The Hall–Kier alpha value is -2.96. The van der Waals surface area contributed by atoms with E-state index in [1.54, 1.807) is 26.0 Å². The molecule has 0 amide bonds. The van der Waals surface area contributed by atoms with Gasteiger partial charge in [0.2, 0.25) is 0 Å². The van der Waals surface area contributed by atoms with Gasteiger partial charge in [-0.15, -0.1) is 0 Å². The molecule has 1 aromatic rings. The highest BCUT2D eigenvalue weighted by atomic mass is 16.5. The van der Waals surface area contributed by atoms with E-state index < -0.39 is 18.0 Å². The Bertz CT molecular complexity index is 778. The molecule has 0 aliphatic carbocycles. The molecule has 0 aromatic heterocycles. The summed E-state index contributed by atoms with van der Waals surface area (Å²) in [4.78, 5) is 24.4. The zero-order valence-corrected chi connectivity index (χ0v) is 14.8. The SMILES string of the molecule is COC(=O)C1=C(C)NC(c2ccc(OC)cc2O)C(C(=O)OC)=C1C. The molecule has 1 unspecified atom stereocenters. The van der Waals surface area contributed by atoms with Crippen molar-refractivity contribution in [2.24, 2.45) is 0 Å².